The van der Waals surface area contributed by atoms with Crippen LogP contribution in [-0.4, -0.2) is 41.0 Å². The van der Waals surface area contributed by atoms with Crippen molar-refractivity contribution in [2.24, 2.45) is 0 Å². The zero-order valence-corrected chi connectivity index (χ0v) is 19.2. The van der Waals surface area contributed by atoms with Crippen LogP contribution >= 0.6 is 24.0 Å². The Bertz CT molecular complexity index is 1190. The molecule has 0 atom stereocenters. The number of para-hydroxylation sites is 2. The molecule has 2 amide bonds. The van der Waals surface area contributed by atoms with Gasteiger partial charge in [-0.2, -0.15) is 0 Å². The first-order chi connectivity index (χ1) is 15.6. The van der Waals surface area contributed by atoms with Gasteiger partial charge in [0.25, 0.3) is 5.91 Å². The molecule has 1 fully saturated rings. The number of hydrogen-bond donors (Lipinski definition) is 1. The molecule has 0 spiro atoms. The fourth-order valence-electron chi connectivity index (χ4n) is 3.58. The molecule has 164 valence electrons. The highest BCUT2D eigenvalue weighted by Gasteiger charge is 2.33. The van der Waals surface area contributed by atoms with Gasteiger partial charge in [0.1, 0.15) is 6.54 Å². The maximum Gasteiger partial charge on any atom is 0.270 e. The predicted octanol–water partition coefficient (Wildman–Crippen LogP) is 4.20. The second kappa shape index (κ2) is 10.1. The first-order valence-electron chi connectivity index (χ1n) is 10.2. The molecule has 2 heterocycles. The van der Waals surface area contributed by atoms with Crippen molar-refractivity contribution < 1.29 is 14.3 Å². The molecule has 1 saturated heterocycles. The number of thiocarbonyl (C=S) groups is 1. The summed E-state index contributed by atoms with van der Waals surface area (Å²) in [7, 11) is 1.64. The molecule has 1 aromatic heterocycles. The number of fused-ring (bicyclic) bond motifs is 1. The molecule has 1 aliphatic heterocycles. The quantitative estimate of drug-likeness (QED) is 0.307. The number of methoxy groups -OCH3 is 1. The number of nitrogens with zero attached hydrogens (tertiary/aromatic N) is 2. The second-order valence-corrected chi connectivity index (χ2v) is 8.95. The summed E-state index contributed by atoms with van der Waals surface area (Å²) in [5.41, 5.74) is 2.57. The molecule has 1 N–H and O–H groups in total. The van der Waals surface area contributed by atoms with E-state index in [1.54, 1.807) is 12.0 Å². The first kappa shape index (κ1) is 22.3. The van der Waals surface area contributed by atoms with Crippen LogP contribution in [-0.2, 0) is 20.9 Å². The van der Waals surface area contributed by atoms with Crippen molar-refractivity contribution in [3.05, 3.63) is 71.3 Å². The fourth-order valence-corrected chi connectivity index (χ4v) is 4.87. The Kier molecular flexibility index (Phi) is 7.04. The van der Waals surface area contributed by atoms with Crippen molar-refractivity contribution in [2.75, 3.05) is 25.2 Å². The molecule has 0 saturated carbocycles. The van der Waals surface area contributed by atoms with E-state index >= 15 is 0 Å². The largest absolute Gasteiger partial charge is 0.385 e. The van der Waals surface area contributed by atoms with Crippen LogP contribution in [0.25, 0.3) is 17.0 Å². The van der Waals surface area contributed by atoms with E-state index in [4.69, 9.17) is 17.0 Å². The molecule has 3 aromatic rings. The topological polar surface area (TPSA) is 63.6 Å². The third-order valence-corrected chi connectivity index (χ3v) is 6.38. The molecule has 32 heavy (non-hydrogen) atoms. The third kappa shape index (κ3) is 4.77. The first-order valence-corrected chi connectivity index (χ1v) is 11.5. The van der Waals surface area contributed by atoms with E-state index in [0.717, 1.165) is 28.6 Å². The van der Waals surface area contributed by atoms with Crippen LogP contribution in [0.2, 0.25) is 0 Å². The van der Waals surface area contributed by atoms with Gasteiger partial charge in [-0.1, -0.05) is 60.4 Å². The molecular weight excluding hydrogens is 442 g/mol. The second-order valence-electron chi connectivity index (χ2n) is 7.28. The van der Waals surface area contributed by atoms with Crippen LogP contribution in [0.15, 0.2) is 65.7 Å². The normalized spacial score (nSPS) is 15.2. The van der Waals surface area contributed by atoms with Crippen LogP contribution in [0.4, 0.5) is 5.69 Å². The van der Waals surface area contributed by atoms with Gasteiger partial charge in [0, 0.05) is 42.9 Å². The smallest absolute Gasteiger partial charge is 0.270 e. The lowest BCUT2D eigenvalue weighted by atomic mass is 10.1. The van der Waals surface area contributed by atoms with Crippen molar-refractivity contribution in [2.45, 2.75) is 13.0 Å². The summed E-state index contributed by atoms with van der Waals surface area (Å²) < 4.78 is 7.43. The van der Waals surface area contributed by atoms with Crippen molar-refractivity contribution >= 4 is 62.8 Å². The lowest BCUT2D eigenvalue weighted by Crippen LogP contribution is -2.28. The Morgan fingerprint density at radius 1 is 1.16 bits per heavy atom. The summed E-state index contributed by atoms with van der Waals surface area (Å²) in [6.07, 6.45) is 4.54. The van der Waals surface area contributed by atoms with Gasteiger partial charge in [-0.25, -0.2) is 0 Å². The number of amides is 2. The summed E-state index contributed by atoms with van der Waals surface area (Å²) in [4.78, 5) is 27.6. The van der Waals surface area contributed by atoms with Crippen LogP contribution in [0, 0.1) is 0 Å². The van der Waals surface area contributed by atoms with E-state index in [0.29, 0.717) is 22.4 Å². The average molecular weight is 466 g/mol. The highest BCUT2D eigenvalue weighted by Crippen LogP contribution is 2.37. The summed E-state index contributed by atoms with van der Waals surface area (Å²) in [5.74, 6) is -0.206. The SMILES string of the molecule is COCCCNC(=O)Cn1cc(/C=C2\SC(=S)N(c3ccccc3)C2=O)c2ccccc21. The zero-order chi connectivity index (χ0) is 22.5. The number of rotatable bonds is 8. The minimum absolute atomic E-state index is 0.0659. The van der Waals surface area contributed by atoms with E-state index in [1.165, 1.54) is 11.8 Å². The number of anilines is 1. The van der Waals surface area contributed by atoms with Gasteiger partial charge in [-0.15, -0.1) is 0 Å². The summed E-state index contributed by atoms with van der Waals surface area (Å²) >= 11 is 6.76. The Balaban J connectivity index is 1.59. The van der Waals surface area contributed by atoms with Crippen LogP contribution < -0.4 is 10.2 Å². The molecule has 1 aliphatic rings. The van der Waals surface area contributed by atoms with Crippen LogP contribution in [0.1, 0.15) is 12.0 Å². The molecule has 0 aliphatic carbocycles. The molecular formula is C24H23N3O3S2. The number of carbonyl (C=O) groups excluding carboxylic acids is 2. The standard InChI is InChI=1S/C24H23N3O3S2/c1-30-13-7-12-25-22(28)16-26-15-17(19-10-5-6-11-20(19)26)14-21-23(29)27(24(31)32-21)18-8-3-2-4-9-18/h2-6,8-11,14-15H,7,12-13,16H2,1H3,(H,25,28)/b21-14-. The van der Waals surface area contributed by atoms with Crippen LogP contribution in [0.3, 0.4) is 0 Å². The summed E-state index contributed by atoms with van der Waals surface area (Å²) in [6.45, 7) is 1.38. The van der Waals surface area contributed by atoms with Gasteiger partial charge >= 0.3 is 0 Å². The predicted molar refractivity (Wildman–Crippen MR) is 134 cm³/mol. The van der Waals surface area contributed by atoms with Gasteiger partial charge in [0.05, 0.1) is 10.6 Å². The molecule has 0 unspecified atom stereocenters. The van der Waals surface area contributed by atoms with E-state index in [1.807, 2.05) is 71.4 Å². The number of aromatic nitrogens is 1. The zero-order valence-electron chi connectivity index (χ0n) is 17.6. The highest BCUT2D eigenvalue weighted by atomic mass is 32.2. The Labute approximate surface area is 196 Å². The van der Waals surface area contributed by atoms with Gasteiger partial charge in [-0.05, 0) is 30.7 Å². The van der Waals surface area contributed by atoms with E-state index in [-0.39, 0.29) is 18.4 Å². The number of hydrogen-bond acceptors (Lipinski definition) is 5. The maximum atomic E-state index is 13.1. The molecule has 8 heteroatoms. The van der Waals surface area contributed by atoms with Gasteiger partial charge in [0.2, 0.25) is 5.91 Å². The highest BCUT2D eigenvalue weighted by molar-refractivity contribution is 8.27. The third-order valence-electron chi connectivity index (χ3n) is 5.08. The molecule has 0 radical (unpaired) electrons. The Morgan fingerprint density at radius 2 is 1.91 bits per heavy atom. The Hall–Kier alpha value is -2.94. The van der Waals surface area contributed by atoms with E-state index in [2.05, 4.69) is 5.32 Å². The lowest BCUT2D eigenvalue weighted by molar-refractivity contribution is -0.121. The summed E-state index contributed by atoms with van der Waals surface area (Å²) in [5, 5.41) is 3.89. The monoisotopic (exact) mass is 465 g/mol. The van der Waals surface area contributed by atoms with Crippen molar-refractivity contribution in [3.8, 4) is 0 Å². The summed E-state index contributed by atoms with van der Waals surface area (Å²) in [6, 6.07) is 17.2. The van der Waals surface area contributed by atoms with Gasteiger partial charge in [0.15, 0.2) is 4.32 Å². The van der Waals surface area contributed by atoms with E-state index < -0.39 is 0 Å². The average Bonchev–Trinajstić information content (AvgIpc) is 3.28. The van der Waals surface area contributed by atoms with E-state index in [9.17, 15) is 9.59 Å². The lowest BCUT2D eigenvalue weighted by Gasteiger charge is -2.13. The number of ether oxygens (including phenoxy) is 1. The van der Waals surface area contributed by atoms with Crippen molar-refractivity contribution in [1.29, 1.82) is 0 Å². The fraction of sp³-hybridized carbons (Fsp3) is 0.208. The van der Waals surface area contributed by atoms with Gasteiger partial charge in [-0.3, -0.25) is 14.5 Å². The molecule has 4 rings (SSSR count). The molecule has 0 bridgehead atoms. The van der Waals surface area contributed by atoms with Gasteiger partial charge < -0.3 is 14.6 Å². The number of thioether (sulfide) groups is 1. The number of nitrogens with one attached hydrogen (secondary N) is 1. The number of carbonyl (C=O) groups is 2. The van der Waals surface area contributed by atoms with Crippen molar-refractivity contribution in [1.82, 2.24) is 9.88 Å². The molecule has 2 aromatic carbocycles. The van der Waals surface area contributed by atoms with Crippen molar-refractivity contribution in [3.63, 3.8) is 0 Å². The minimum Gasteiger partial charge on any atom is -0.385 e. The number of benzene rings is 2. The maximum absolute atomic E-state index is 13.1. The Morgan fingerprint density at radius 3 is 2.69 bits per heavy atom. The van der Waals surface area contributed by atoms with Crippen LogP contribution in [0.5, 0.6) is 0 Å². The molecule has 6 nitrogen and oxygen atoms in total. The minimum atomic E-state index is -0.140.